The molecule has 0 unspecified atom stereocenters. The molecule has 0 aromatic carbocycles. The van der Waals surface area contributed by atoms with E-state index in [1.807, 2.05) is 7.11 Å². The standard InChI is InChI=1S/C11H20O4Si/c1-12-16-11(8-2-13-3-8,9-4-14-5-9)10-6-15-7-10/h8-10H,2-7,16H2,1H3. The second-order valence-electron chi connectivity index (χ2n) is 5.25. The van der Waals surface area contributed by atoms with Crippen LogP contribution in [0.4, 0.5) is 0 Å². The van der Waals surface area contributed by atoms with Crippen LogP contribution in [0.15, 0.2) is 0 Å². The highest BCUT2D eigenvalue weighted by atomic mass is 28.2. The van der Waals surface area contributed by atoms with Gasteiger partial charge in [-0.05, 0) is 0 Å². The molecular formula is C11H20O4Si. The van der Waals surface area contributed by atoms with E-state index in [9.17, 15) is 0 Å². The van der Waals surface area contributed by atoms with Gasteiger partial charge in [0, 0.05) is 29.9 Å². The highest BCUT2D eigenvalue weighted by Gasteiger charge is 2.57. The van der Waals surface area contributed by atoms with Crippen molar-refractivity contribution >= 4 is 9.76 Å². The molecule has 3 rings (SSSR count). The van der Waals surface area contributed by atoms with Crippen molar-refractivity contribution in [2.24, 2.45) is 17.8 Å². The van der Waals surface area contributed by atoms with Gasteiger partial charge in [-0.3, -0.25) is 0 Å². The third-order valence-electron chi connectivity index (χ3n) is 4.59. The summed E-state index contributed by atoms with van der Waals surface area (Å²) in [5.41, 5.74) is 0. The average molecular weight is 244 g/mol. The molecule has 0 spiro atoms. The summed E-state index contributed by atoms with van der Waals surface area (Å²) < 4.78 is 21.9. The van der Waals surface area contributed by atoms with Crippen molar-refractivity contribution in [2.75, 3.05) is 46.8 Å². The van der Waals surface area contributed by atoms with Crippen LogP contribution in [0.25, 0.3) is 0 Å². The summed E-state index contributed by atoms with van der Waals surface area (Å²) in [6.07, 6.45) is 0. The highest BCUT2D eigenvalue weighted by molar-refractivity contribution is 6.33. The molecule has 0 aromatic rings. The topological polar surface area (TPSA) is 36.9 Å². The van der Waals surface area contributed by atoms with Gasteiger partial charge in [0.25, 0.3) is 0 Å². The SMILES string of the molecule is CO[SiH2]C(C1COC1)(C1COC1)C1COC1. The van der Waals surface area contributed by atoms with Gasteiger partial charge in [-0.1, -0.05) is 0 Å². The molecule has 3 fully saturated rings. The molecule has 3 heterocycles. The van der Waals surface area contributed by atoms with Crippen molar-refractivity contribution in [3.8, 4) is 0 Å². The van der Waals surface area contributed by atoms with E-state index in [0.29, 0.717) is 22.8 Å². The summed E-state index contributed by atoms with van der Waals surface area (Å²) in [6, 6.07) is 0. The molecule has 0 aromatic heterocycles. The van der Waals surface area contributed by atoms with Crippen LogP contribution >= 0.6 is 0 Å². The minimum atomic E-state index is -0.533. The Bertz CT molecular complexity index is 212. The van der Waals surface area contributed by atoms with Crippen LogP contribution in [0.2, 0.25) is 5.04 Å². The molecule has 0 saturated carbocycles. The summed E-state index contributed by atoms with van der Waals surface area (Å²) in [7, 11) is 1.33. The fourth-order valence-electron chi connectivity index (χ4n) is 3.24. The Morgan fingerprint density at radius 2 is 1.25 bits per heavy atom. The third-order valence-corrected chi connectivity index (χ3v) is 7.11. The molecule has 0 bridgehead atoms. The number of hydrogen-bond acceptors (Lipinski definition) is 4. The Labute approximate surface area is 98.5 Å². The predicted molar refractivity (Wildman–Crippen MR) is 61.2 cm³/mol. The molecule has 0 radical (unpaired) electrons. The zero-order valence-electron chi connectivity index (χ0n) is 9.81. The van der Waals surface area contributed by atoms with Gasteiger partial charge in [0.05, 0.1) is 39.6 Å². The zero-order chi connectivity index (χ0) is 11.0. The lowest BCUT2D eigenvalue weighted by Crippen LogP contribution is -2.59. The van der Waals surface area contributed by atoms with Crippen LogP contribution < -0.4 is 0 Å². The molecule has 3 aliphatic heterocycles. The van der Waals surface area contributed by atoms with Crippen molar-refractivity contribution in [1.29, 1.82) is 0 Å². The summed E-state index contributed by atoms with van der Waals surface area (Å²) in [6.45, 7) is 5.52. The van der Waals surface area contributed by atoms with E-state index in [1.165, 1.54) is 0 Å². The maximum atomic E-state index is 5.65. The Kier molecular flexibility index (Phi) is 3.06. The van der Waals surface area contributed by atoms with E-state index in [0.717, 1.165) is 39.6 Å². The van der Waals surface area contributed by atoms with E-state index in [4.69, 9.17) is 18.6 Å². The summed E-state index contributed by atoms with van der Waals surface area (Å²) in [5.74, 6) is 2.09. The van der Waals surface area contributed by atoms with Crippen LogP contribution in [-0.4, -0.2) is 56.5 Å². The highest BCUT2D eigenvalue weighted by Crippen LogP contribution is 2.56. The van der Waals surface area contributed by atoms with Gasteiger partial charge < -0.3 is 18.6 Å². The Morgan fingerprint density at radius 3 is 1.44 bits per heavy atom. The van der Waals surface area contributed by atoms with Gasteiger partial charge in [0.2, 0.25) is 0 Å². The molecular weight excluding hydrogens is 224 g/mol. The van der Waals surface area contributed by atoms with Gasteiger partial charge in [0.15, 0.2) is 9.76 Å². The van der Waals surface area contributed by atoms with Gasteiger partial charge >= 0.3 is 0 Å². The fraction of sp³-hybridized carbons (Fsp3) is 1.00. The first-order chi connectivity index (χ1) is 7.88. The molecule has 0 amide bonds. The molecule has 3 saturated heterocycles. The lowest BCUT2D eigenvalue weighted by Gasteiger charge is -2.57. The van der Waals surface area contributed by atoms with Crippen LogP contribution in [0.3, 0.4) is 0 Å². The second-order valence-corrected chi connectivity index (χ2v) is 7.34. The Hall–Kier alpha value is 0.0569. The molecule has 3 aliphatic rings. The molecule has 92 valence electrons. The van der Waals surface area contributed by atoms with E-state index >= 15 is 0 Å². The zero-order valence-corrected chi connectivity index (χ0v) is 11.2. The van der Waals surface area contributed by atoms with Crippen LogP contribution in [-0.2, 0) is 18.6 Å². The van der Waals surface area contributed by atoms with Gasteiger partial charge in [-0.25, -0.2) is 0 Å². The second kappa shape index (κ2) is 4.38. The number of hydrogen-bond donors (Lipinski definition) is 0. The number of ether oxygens (including phenoxy) is 3. The van der Waals surface area contributed by atoms with Crippen molar-refractivity contribution in [1.82, 2.24) is 0 Å². The molecule has 0 N–H and O–H groups in total. The quantitative estimate of drug-likeness (QED) is 0.629. The molecule has 16 heavy (non-hydrogen) atoms. The van der Waals surface area contributed by atoms with Crippen molar-refractivity contribution < 1.29 is 18.6 Å². The van der Waals surface area contributed by atoms with Crippen molar-refractivity contribution in [3.05, 3.63) is 0 Å². The summed E-state index contributed by atoms with van der Waals surface area (Å²) in [4.78, 5) is 0. The fourth-order valence-corrected chi connectivity index (χ4v) is 5.16. The lowest BCUT2D eigenvalue weighted by molar-refractivity contribution is -0.176. The third kappa shape index (κ3) is 1.49. The maximum Gasteiger partial charge on any atom is 0.168 e. The van der Waals surface area contributed by atoms with E-state index < -0.39 is 9.76 Å². The molecule has 0 atom stereocenters. The van der Waals surface area contributed by atoms with Gasteiger partial charge in [-0.2, -0.15) is 0 Å². The van der Waals surface area contributed by atoms with Crippen LogP contribution in [0, 0.1) is 17.8 Å². The summed E-state index contributed by atoms with van der Waals surface area (Å²) >= 11 is 0. The molecule has 5 heteroatoms. The monoisotopic (exact) mass is 244 g/mol. The number of rotatable bonds is 5. The van der Waals surface area contributed by atoms with Crippen molar-refractivity contribution in [3.63, 3.8) is 0 Å². The van der Waals surface area contributed by atoms with E-state index in [2.05, 4.69) is 0 Å². The first-order valence-corrected chi connectivity index (χ1v) is 7.38. The van der Waals surface area contributed by atoms with Gasteiger partial charge in [-0.15, -0.1) is 0 Å². The normalized spacial score (nSPS) is 29.1. The van der Waals surface area contributed by atoms with Crippen molar-refractivity contribution in [2.45, 2.75) is 5.04 Å². The largest absolute Gasteiger partial charge is 0.427 e. The smallest absolute Gasteiger partial charge is 0.168 e. The lowest BCUT2D eigenvalue weighted by atomic mass is 9.69. The predicted octanol–water partition coefficient (Wildman–Crippen LogP) is -0.185. The minimum absolute atomic E-state index is 0.378. The first-order valence-electron chi connectivity index (χ1n) is 6.10. The first kappa shape index (κ1) is 11.2. The molecule has 0 aliphatic carbocycles. The average Bonchev–Trinajstić information content (AvgIpc) is 1.92. The van der Waals surface area contributed by atoms with E-state index in [1.54, 1.807) is 0 Å². The van der Waals surface area contributed by atoms with Gasteiger partial charge in [0.1, 0.15) is 0 Å². The Balaban J connectivity index is 1.81. The van der Waals surface area contributed by atoms with Crippen LogP contribution in [0.5, 0.6) is 0 Å². The minimum Gasteiger partial charge on any atom is -0.427 e. The van der Waals surface area contributed by atoms with Crippen LogP contribution in [0.1, 0.15) is 0 Å². The maximum absolute atomic E-state index is 5.65. The van der Waals surface area contributed by atoms with E-state index in [-0.39, 0.29) is 0 Å². The summed E-state index contributed by atoms with van der Waals surface area (Å²) in [5, 5.41) is 0.378. The Morgan fingerprint density at radius 1 is 0.875 bits per heavy atom. The molecule has 4 nitrogen and oxygen atoms in total.